The van der Waals surface area contributed by atoms with Crippen molar-refractivity contribution < 1.29 is 19.1 Å². The fourth-order valence-electron chi connectivity index (χ4n) is 2.58. The van der Waals surface area contributed by atoms with Crippen LogP contribution in [0.5, 0.6) is 0 Å². The molecule has 0 amide bonds. The lowest BCUT2D eigenvalue weighted by Crippen LogP contribution is -2.22. The minimum Gasteiger partial charge on any atom is -0.463 e. The van der Waals surface area contributed by atoms with Crippen LogP contribution >= 0.6 is 11.3 Å². The highest BCUT2D eigenvalue weighted by Gasteiger charge is 2.31. The van der Waals surface area contributed by atoms with Crippen molar-refractivity contribution in [2.45, 2.75) is 38.7 Å². The Balaban J connectivity index is 1.72. The quantitative estimate of drug-likeness (QED) is 0.780. The number of thiophene rings is 1. The highest BCUT2D eigenvalue weighted by molar-refractivity contribution is 7.14. The number of rotatable bonds is 2. The lowest BCUT2D eigenvalue weighted by Gasteiger charge is -2.16. The van der Waals surface area contributed by atoms with E-state index in [1.54, 1.807) is 0 Å². The predicted molar refractivity (Wildman–Crippen MR) is 70.3 cm³/mol. The van der Waals surface area contributed by atoms with Crippen molar-refractivity contribution in [3.8, 4) is 0 Å². The molecule has 0 N–H and O–H groups in total. The summed E-state index contributed by atoms with van der Waals surface area (Å²) in [5.74, 6) is -0.144. The largest absolute Gasteiger partial charge is 0.463 e. The second-order valence-electron chi connectivity index (χ2n) is 5.26. The van der Waals surface area contributed by atoms with Gasteiger partial charge in [0.15, 0.2) is 0 Å². The zero-order valence-corrected chi connectivity index (χ0v) is 11.6. The monoisotopic (exact) mass is 280 g/mol. The van der Waals surface area contributed by atoms with Gasteiger partial charge >= 0.3 is 11.9 Å². The second kappa shape index (κ2) is 4.96. The molecule has 19 heavy (non-hydrogen) atoms. The molecule has 1 saturated heterocycles. The first-order valence-electron chi connectivity index (χ1n) is 6.62. The number of cyclic esters (lactones) is 1. The normalized spacial score (nSPS) is 25.8. The molecule has 0 bridgehead atoms. The van der Waals surface area contributed by atoms with Gasteiger partial charge in [-0.3, -0.25) is 0 Å². The van der Waals surface area contributed by atoms with E-state index in [9.17, 15) is 9.59 Å². The van der Waals surface area contributed by atoms with Crippen LogP contribution in [-0.4, -0.2) is 24.6 Å². The molecule has 1 aromatic heterocycles. The van der Waals surface area contributed by atoms with Crippen LogP contribution in [0.4, 0.5) is 0 Å². The van der Waals surface area contributed by atoms with Crippen molar-refractivity contribution in [2.75, 3.05) is 6.61 Å². The lowest BCUT2D eigenvalue weighted by atomic mass is 9.90. The van der Waals surface area contributed by atoms with Crippen molar-refractivity contribution in [1.82, 2.24) is 0 Å². The minimum absolute atomic E-state index is 0.342. The van der Waals surface area contributed by atoms with Crippen LogP contribution in [0.1, 0.15) is 39.9 Å². The van der Waals surface area contributed by atoms with E-state index < -0.39 is 18.0 Å². The number of carbonyl (C=O) groups is 2. The van der Waals surface area contributed by atoms with Crippen molar-refractivity contribution >= 4 is 23.3 Å². The summed E-state index contributed by atoms with van der Waals surface area (Å²) in [5, 5.41) is 0. The zero-order valence-electron chi connectivity index (χ0n) is 10.8. The molecule has 0 aromatic carbocycles. The van der Waals surface area contributed by atoms with Gasteiger partial charge in [0.1, 0.15) is 4.88 Å². The van der Waals surface area contributed by atoms with Crippen molar-refractivity contribution in [3.63, 3.8) is 0 Å². The van der Waals surface area contributed by atoms with Crippen LogP contribution in [0.15, 0.2) is 6.07 Å². The fraction of sp³-hybridized carbons (Fsp3) is 0.571. The van der Waals surface area contributed by atoms with Crippen LogP contribution in [-0.2, 0) is 27.1 Å². The molecular weight excluding hydrogens is 264 g/mol. The molecule has 1 aliphatic heterocycles. The first kappa shape index (κ1) is 12.7. The van der Waals surface area contributed by atoms with Gasteiger partial charge < -0.3 is 9.47 Å². The third-order valence-corrected chi connectivity index (χ3v) is 4.88. The van der Waals surface area contributed by atoms with E-state index in [-0.39, 0.29) is 0 Å². The van der Waals surface area contributed by atoms with Crippen LogP contribution < -0.4 is 0 Å². The van der Waals surface area contributed by atoms with Crippen molar-refractivity contribution in [3.05, 3.63) is 21.4 Å². The predicted octanol–water partition coefficient (Wildman–Crippen LogP) is 2.35. The van der Waals surface area contributed by atoms with E-state index in [0.717, 1.165) is 12.8 Å². The van der Waals surface area contributed by atoms with Crippen LogP contribution in [0, 0.1) is 5.92 Å². The first-order chi connectivity index (χ1) is 9.13. The number of hydrogen-bond acceptors (Lipinski definition) is 5. The van der Waals surface area contributed by atoms with Crippen LogP contribution in [0.3, 0.4) is 0 Å². The Hall–Kier alpha value is -1.36. The standard InChI is InChI=1S/C14H16O4S/c1-8-2-3-11-9(6-8)7-12(19-11)14(16)18-10-4-5-17-13(10)15/h7-8,10H,2-6H2,1H3/t8-,10-/m0/s1. The molecule has 2 atom stereocenters. The fourth-order valence-corrected chi connectivity index (χ4v) is 3.67. The molecule has 4 nitrogen and oxygen atoms in total. The van der Waals surface area contributed by atoms with Crippen LogP contribution in [0.2, 0.25) is 0 Å². The molecule has 1 aromatic rings. The number of ether oxygens (including phenoxy) is 2. The van der Waals surface area contributed by atoms with Crippen LogP contribution in [0.25, 0.3) is 0 Å². The Kier molecular flexibility index (Phi) is 3.31. The van der Waals surface area contributed by atoms with E-state index in [1.165, 1.54) is 28.2 Å². The zero-order chi connectivity index (χ0) is 13.4. The molecule has 1 aliphatic carbocycles. The maximum Gasteiger partial charge on any atom is 0.349 e. The Labute approximate surface area is 115 Å². The third kappa shape index (κ3) is 2.52. The summed E-state index contributed by atoms with van der Waals surface area (Å²) in [6, 6.07) is 1.93. The van der Waals surface area contributed by atoms with Gasteiger partial charge in [0.05, 0.1) is 6.61 Å². The Bertz CT molecular complexity index is 520. The molecule has 0 spiro atoms. The molecule has 2 aliphatic rings. The summed E-state index contributed by atoms with van der Waals surface area (Å²) in [5.41, 5.74) is 1.27. The van der Waals surface area contributed by atoms with Gasteiger partial charge in [-0.2, -0.15) is 0 Å². The Morgan fingerprint density at radius 2 is 2.32 bits per heavy atom. The molecule has 0 saturated carbocycles. The molecule has 3 rings (SSSR count). The Morgan fingerprint density at radius 1 is 1.47 bits per heavy atom. The van der Waals surface area contributed by atoms with E-state index >= 15 is 0 Å². The average molecular weight is 280 g/mol. The van der Waals surface area contributed by atoms with Crippen molar-refractivity contribution in [2.24, 2.45) is 5.92 Å². The van der Waals surface area contributed by atoms with Gasteiger partial charge in [-0.25, -0.2) is 9.59 Å². The van der Waals surface area contributed by atoms with E-state index in [4.69, 9.17) is 9.47 Å². The number of fused-ring (bicyclic) bond motifs is 1. The second-order valence-corrected chi connectivity index (χ2v) is 6.39. The SMILES string of the molecule is C[C@H]1CCc2sc(C(=O)O[C@H]3CCOC3=O)cc2C1. The number of carbonyl (C=O) groups excluding carboxylic acids is 2. The minimum atomic E-state index is -0.717. The van der Waals surface area contributed by atoms with Gasteiger partial charge in [-0.15, -0.1) is 11.3 Å². The molecule has 1 fully saturated rings. The topological polar surface area (TPSA) is 52.6 Å². The van der Waals surface area contributed by atoms with E-state index in [0.29, 0.717) is 23.8 Å². The molecule has 102 valence electrons. The summed E-state index contributed by atoms with van der Waals surface area (Å²) in [6.07, 6.45) is 3.00. The molecule has 0 radical (unpaired) electrons. The summed E-state index contributed by atoms with van der Waals surface area (Å²) >= 11 is 1.50. The third-order valence-electron chi connectivity index (χ3n) is 3.67. The van der Waals surface area contributed by atoms with Gasteiger partial charge in [-0.1, -0.05) is 6.92 Å². The average Bonchev–Trinajstić information content (AvgIpc) is 2.96. The molecule has 2 heterocycles. The van der Waals surface area contributed by atoms with Gasteiger partial charge in [-0.05, 0) is 36.8 Å². The molecule has 5 heteroatoms. The first-order valence-corrected chi connectivity index (χ1v) is 7.44. The highest BCUT2D eigenvalue weighted by Crippen LogP contribution is 2.32. The van der Waals surface area contributed by atoms with Crippen molar-refractivity contribution in [1.29, 1.82) is 0 Å². The molecular formula is C14H16O4S. The van der Waals surface area contributed by atoms with E-state index in [2.05, 4.69) is 6.92 Å². The number of esters is 2. The number of hydrogen-bond donors (Lipinski definition) is 0. The van der Waals surface area contributed by atoms with Gasteiger partial charge in [0.2, 0.25) is 6.10 Å². The van der Waals surface area contributed by atoms with Gasteiger partial charge in [0, 0.05) is 11.3 Å². The lowest BCUT2D eigenvalue weighted by molar-refractivity contribution is -0.145. The number of aryl methyl sites for hydroxylation is 1. The smallest absolute Gasteiger partial charge is 0.349 e. The van der Waals surface area contributed by atoms with Gasteiger partial charge in [0.25, 0.3) is 0 Å². The van der Waals surface area contributed by atoms with E-state index in [1.807, 2.05) is 6.07 Å². The maximum atomic E-state index is 12.0. The Morgan fingerprint density at radius 3 is 3.05 bits per heavy atom. The maximum absolute atomic E-state index is 12.0. The summed E-state index contributed by atoms with van der Waals surface area (Å²) in [4.78, 5) is 25.2. The highest BCUT2D eigenvalue weighted by atomic mass is 32.1. The summed E-state index contributed by atoms with van der Waals surface area (Å²) < 4.78 is 10.00. The molecule has 0 unspecified atom stereocenters. The summed E-state index contributed by atoms with van der Waals surface area (Å²) in [7, 11) is 0. The summed E-state index contributed by atoms with van der Waals surface area (Å²) in [6.45, 7) is 2.57.